The van der Waals surface area contributed by atoms with Gasteiger partial charge in [0.15, 0.2) is 23.0 Å². The van der Waals surface area contributed by atoms with E-state index < -0.39 is 5.91 Å². The molecule has 7 nitrogen and oxygen atoms in total. The molecule has 1 amide bonds. The number of carbonyl (C=O) groups excluding carboxylic acids is 1. The monoisotopic (exact) mass is 408 g/mol. The largest absolute Gasteiger partial charge is 0.493 e. The van der Waals surface area contributed by atoms with Crippen molar-refractivity contribution < 1.29 is 23.7 Å². The van der Waals surface area contributed by atoms with Crippen LogP contribution in [-0.2, 0) is 11.4 Å². The lowest BCUT2D eigenvalue weighted by molar-refractivity contribution is -0.117. The van der Waals surface area contributed by atoms with Gasteiger partial charge in [-0.15, -0.1) is 0 Å². The SMILES string of the molecule is CC[C@H](C)NC(=O)/C(C#N)=C/c1ccc(OCc2ccc3c(c2)OCO3)c(OC)c1. The molecule has 0 radical (unpaired) electrons. The van der Waals surface area contributed by atoms with E-state index in [2.05, 4.69) is 5.32 Å². The van der Waals surface area contributed by atoms with Gasteiger partial charge in [0.25, 0.3) is 5.91 Å². The smallest absolute Gasteiger partial charge is 0.262 e. The number of carbonyl (C=O) groups is 1. The van der Waals surface area contributed by atoms with Crippen LogP contribution in [0, 0.1) is 11.3 Å². The van der Waals surface area contributed by atoms with E-state index in [0.717, 1.165) is 17.7 Å². The number of nitrogens with one attached hydrogen (secondary N) is 1. The normalized spacial score (nSPS) is 13.3. The van der Waals surface area contributed by atoms with Gasteiger partial charge in [0, 0.05) is 6.04 Å². The van der Waals surface area contributed by atoms with Gasteiger partial charge in [0.1, 0.15) is 18.2 Å². The summed E-state index contributed by atoms with van der Waals surface area (Å²) in [6.07, 6.45) is 2.32. The van der Waals surface area contributed by atoms with Gasteiger partial charge < -0.3 is 24.3 Å². The summed E-state index contributed by atoms with van der Waals surface area (Å²) in [7, 11) is 1.54. The summed E-state index contributed by atoms with van der Waals surface area (Å²) >= 11 is 0. The van der Waals surface area contributed by atoms with Crippen molar-refractivity contribution in [1.29, 1.82) is 5.26 Å². The van der Waals surface area contributed by atoms with Crippen LogP contribution in [0.3, 0.4) is 0 Å². The maximum absolute atomic E-state index is 12.2. The minimum Gasteiger partial charge on any atom is -0.493 e. The van der Waals surface area contributed by atoms with Gasteiger partial charge in [-0.3, -0.25) is 4.79 Å². The van der Waals surface area contributed by atoms with Crippen molar-refractivity contribution in [2.45, 2.75) is 32.9 Å². The van der Waals surface area contributed by atoms with Crippen LogP contribution < -0.4 is 24.3 Å². The highest BCUT2D eigenvalue weighted by atomic mass is 16.7. The molecule has 0 fully saturated rings. The van der Waals surface area contributed by atoms with E-state index in [1.165, 1.54) is 13.2 Å². The number of nitrogens with zero attached hydrogens (tertiary/aromatic N) is 1. The second-order valence-electron chi connectivity index (χ2n) is 6.84. The first kappa shape index (κ1) is 21.1. The summed E-state index contributed by atoms with van der Waals surface area (Å²) < 4.78 is 22.0. The van der Waals surface area contributed by atoms with Crippen LogP contribution in [0.5, 0.6) is 23.0 Å². The lowest BCUT2D eigenvalue weighted by Crippen LogP contribution is -2.32. The van der Waals surface area contributed by atoms with Crippen molar-refractivity contribution >= 4 is 12.0 Å². The summed E-state index contributed by atoms with van der Waals surface area (Å²) in [4.78, 5) is 12.2. The van der Waals surface area contributed by atoms with Crippen molar-refractivity contribution in [2.75, 3.05) is 13.9 Å². The fourth-order valence-electron chi connectivity index (χ4n) is 2.80. The number of nitriles is 1. The molecule has 1 atom stereocenters. The molecule has 1 heterocycles. The zero-order valence-electron chi connectivity index (χ0n) is 17.2. The van der Waals surface area contributed by atoms with E-state index in [1.807, 2.05) is 38.1 Å². The molecule has 7 heteroatoms. The van der Waals surface area contributed by atoms with Gasteiger partial charge in [-0.2, -0.15) is 5.26 Å². The summed E-state index contributed by atoms with van der Waals surface area (Å²) in [5.41, 5.74) is 1.63. The Labute approximate surface area is 175 Å². The Balaban J connectivity index is 1.72. The van der Waals surface area contributed by atoms with Gasteiger partial charge >= 0.3 is 0 Å². The number of ether oxygens (including phenoxy) is 4. The molecule has 30 heavy (non-hydrogen) atoms. The first-order valence-electron chi connectivity index (χ1n) is 9.66. The quantitative estimate of drug-likeness (QED) is 0.527. The number of hydrogen-bond acceptors (Lipinski definition) is 6. The first-order chi connectivity index (χ1) is 14.5. The molecule has 0 unspecified atom stereocenters. The van der Waals surface area contributed by atoms with Crippen LogP contribution in [0.25, 0.3) is 6.08 Å². The van der Waals surface area contributed by atoms with E-state index in [1.54, 1.807) is 18.2 Å². The van der Waals surface area contributed by atoms with Crippen molar-refractivity contribution in [3.05, 3.63) is 53.1 Å². The van der Waals surface area contributed by atoms with Crippen molar-refractivity contribution in [2.24, 2.45) is 0 Å². The Morgan fingerprint density at radius 2 is 2.03 bits per heavy atom. The average Bonchev–Trinajstić information content (AvgIpc) is 3.23. The Bertz CT molecular complexity index is 994. The van der Waals surface area contributed by atoms with Crippen LogP contribution in [-0.4, -0.2) is 25.9 Å². The molecule has 0 spiro atoms. The lowest BCUT2D eigenvalue weighted by atomic mass is 10.1. The second kappa shape index (κ2) is 9.70. The maximum Gasteiger partial charge on any atom is 0.262 e. The fraction of sp³-hybridized carbons (Fsp3) is 0.304. The van der Waals surface area contributed by atoms with Crippen molar-refractivity contribution in [3.8, 4) is 29.1 Å². The summed E-state index contributed by atoms with van der Waals surface area (Å²) in [6.45, 7) is 4.40. The maximum atomic E-state index is 12.2. The molecule has 1 aliphatic rings. The Hall–Kier alpha value is -3.66. The Kier molecular flexibility index (Phi) is 6.81. The average molecular weight is 408 g/mol. The molecule has 2 aromatic carbocycles. The van der Waals surface area contributed by atoms with Crippen LogP contribution in [0.2, 0.25) is 0 Å². The first-order valence-corrected chi connectivity index (χ1v) is 9.66. The van der Waals surface area contributed by atoms with Crippen molar-refractivity contribution in [1.82, 2.24) is 5.32 Å². The molecule has 1 N–H and O–H groups in total. The van der Waals surface area contributed by atoms with E-state index in [4.69, 9.17) is 18.9 Å². The molecule has 0 aliphatic carbocycles. The number of amides is 1. The van der Waals surface area contributed by atoms with Crippen LogP contribution in [0.1, 0.15) is 31.4 Å². The predicted octanol–water partition coefficient (Wildman–Crippen LogP) is 3.82. The third kappa shape index (κ3) is 5.03. The summed E-state index contributed by atoms with van der Waals surface area (Å²) in [5, 5.41) is 12.1. The number of rotatable bonds is 8. The second-order valence-corrected chi connectivity index (χ2v) is 6.84. The molecule has 3 rings (SSSR count). The molecule has 0 saturated heterocycles. The summed E-state index contributed by atoms with van der Waals surface area (Å²) in [5.74, 6) is 2.08. The van der Waals surface area contributed by atoms with Crippen molar-refractivity contribution in [3.63, 3.8) is 0 Å². The zero-order valence-corrected chi connectivity index (χ0v) is 17.2. The lowest BCUT2D eigenvalue weighted by Gasteiger charge is -2.12. The minimum atomic E-state index is -0.394. The minimum absolute atomic E-state index is 0.00394. The van der Waals surface area contributed by atoms with E-state index in [9.17, 15) is 10.1 Å². The van der Waals surface area contributed by atoms with Gasteiger partial charge in [-0.25, -0.2) is 0 Å². The van der Waals surface area contributed by atoms with Gasteiger partial charge in [0.05, 0.1) is 7.11 Å². The van der Waals surface area contributed by atoms with E-state index >= 15 is 0 Å². The fourth-order valence-corrected chi connectivity index (χ4v) is 2.80. The summed E-state index contributed by atoms with van der Waals surface area (Å²) in [6, 6.07) is 12.8. The number of hydrogen-bond donors (Lipinski definition) is 1. The molecule has 1 aliphatic heterocycles. The molecule has 0 bridgehead atoms. The molecule has 2 aromatic rings. The molecule has 0 aromatic heterocycles. The Morgan fingerprint density at radius 3 is 2.77 bits per heavy atom. The number of methoxy groups -OCH3 is 1. The Morgan fingerprint density at radius 1 is 1.23 bits per heavy atom. The van der Waals surface area contributed by atoms with Gasteiger partial charge in [-0.1, -0.05) is 19.1 Å². The molecule has 0 saturated carbocycles. The van der Waals surface area contributed by atoms with Crippen LogP contribution >= 0.6 is 0 Å². The standard InChI is InChI=1S/C23H24N2O5/c1-4-15(2)25-23(26)18(12-24)9-16-5-7-19(21(10-16)27-3)28-13-17-6-8-20-22(11-17)30-14-29-20/h5-11,15H,4,13-14H2,1-3H3,(H,25,26)/b18-9+/t15-/m0/s1. The topological polar surface area (TPSA) is 89.8 Å². The zero-order chi connectivity index (χ0) is 21.5. The van der Waals surface area contributed by atoms with E-state index in [0.29, 0.717) is 29.4 Å². The third-order valence-electron chi connectivity index (χ3n) is 4.68. The highest BCUT2D eigenvalue weighted by molar-refractivity contribution is 6.01. The number of fused-ring (bicyclic) bond motifs is 1. The predicted molar refractivity (Wildman–Crippen MR) is 111 cm³/mol. The molecular formula is C23H24N2O5. The van der Waals surface area contributed by atoms with Crippen LogP contribution in [0.15, 0.2) is 42.0 Å². The van der Waals surface area contributed by atoms with Gasteiger partial charge in [-0.05, 0) is 54.8 Å². The van der Waals surface area contributed by atoms with E-state index in [-0.39, 0.29) is 18.4 Å². The van der Waals surface area contributed by atoms with Gasteiger partial charge in [0.2, 0.25) is 6.79 Å². The number of benzene rings is 2. The molecule has 156 valence electrons. The third-order valence-corrected chi connectivity index (χ3v) is 4.68. The highest BCUT2D eigenvalue weighted by Gasteiger charge is 2.15. The molecular weight excluding hydrogens is 384 g/mol. The van der Waals surface area contributed by atoms with Crippen LogP contribution in [0.4, 0.5) is 0 Å². The highest BCUT2D eigenvalue weighted by Crippen LogP contribution is 2.34.